The third-order valence-corrected chi connectivity index (χ3v) is 5.32. The van der Waals surface area contributed by atoms with E-state index in [1.54, 1.807) is 0 Å². The Bertz CT molecular complexity index is 601. The second kappa shape index (κ2) is 6.50. The predicted octanol–water partition coefficient (Wildman–Crippen LogP) is 3.54. The van der Waals surface area contributed by atoms with Crippen molar-refractivity contribution < 1.29 is 0 Å². The van der Waals surface area contributed by atoms with Gasteiger partial charge in [0.2, 0.25) is 0 Å². The van der Waals surface area contributed by atoms with Gasteiger partial charge in [0, 0.05) is 38.3 Å². The lowest BCUT2D eigenvalue weighted by Gasteiger charge is -2.20. The average molecular weight is 398 g/mol. The van der Waals surface area contributed by atoms with Gasteiger partial charge in [0.15, 0.2) is 0 Å². The Labute approximate surface area is 140 Å². The molecule has 4 rings (SSSR count). The molecule has 0 amide bonds. The van der Waals surface area contributed by atoms with Crippen LogP contribution in [0, 0.1) is 15.5 Å². The van der Waals surface area contributed by atoms with E-state index >= 15 is 0 Å². The summed E-state index contributed by atoms with van der Waals surface area (Å²) in [7, 11) is 0. The van der Waals surface area contributed by atoms with E-state index in [0.29, 0.717) is 0 Å². The van der Waals surface area contributed by atoms with E-state index in [9.17, 15) is 0 Å². The third-order valence-electron chi connectivity index (χ3n) is 4.46. The minimum atomic E-state index is 0.820. The van der Waals surface area contributed by atoms with Gasteiger partial charge in [0.1, 0.15) is 11.6 Å². The Morgan fingerprint density at radius 1 is 1.05 bits per heavy atom. The molecule has 2 atom stereocenters. The molecule has 2 aromatic heterocycles. The van der Waals surface area contributed by atoms with Gasteiger partial charge in [-0.2, -0.15) is 0 Å². The summed E-state index contributed by atoms with van der Waals surface area (Å²) in [6.07, 6.45) is 10.9. The van der Waals surface area contributed by atoms with Crippen LogP contribution in [0.25, 0.3) is 0 Å². The standard InChI is InChI=1S/C8H11IN2.C8H12N2/c1-6-2-3-11-7(9)5-10-8(11)4-6;1-7-2-4-10-5-3-9-8(10)6-7/h5-6H,2-4H2,1H3;3,5,7H,2,4,6H2,1H3. The van der Waals surface area contributed by atoms with Crippen molar-refractivity contribution >= 4 is 22.6 Å². The molecule has 2 aliphatic heterocycles. The summed E-state index contributed by atoms with van der Waals surface area (Å²) >= 11 is 2.35. The van der Waals surface area contributed by atoms with Gasteiger partial charge < -0.3 is 9.13 Å². The molecule has 0 saturated heterocycles. The summed E-state index contributed by atoms with van der Waals surface area (Å²) in [4.78, 5) is 8.63. The van der Waals surface area contributed by atoms with Crippen molar-refractivity contribution in [2.75, 3.05) is 0 Å². The summed E-state index contributed by atoms with van der Waals surface area (Å²) in [5.41, 5.74) is 0. The van der Waals surface area contributed by atoms with Crippen molar-refractivity contribution in [3.05, 3.63) is 33.9 Å². The average Bonchev–Trinajstić information content (AvgIpc) is 3.06. The predicted molar refractivity (Wildman–Crippen MR) is 92.1 cm³/mol. The van der Waals surface area contributed by atoms with Gasteiger partial charge in [0.25, 0.3) is 0 Å². The summed E-state index contributed by atoms with van der Waals surface area (Å²) in [5, 5.41) is 0. The normalized spacial score (nSPS) is 23.8. The van der Waals surface area contributed by atoms with Crippen LogP contribution < -0.4 is 0 Å². The zero-order chi connectivity index (χ0) is 14.8. The Hall–Kier alpha value is -0.850. The number of aryl methyl sites for hydroxylation is 1. The van der Waals surface area contributed by atoms with Crippen LogP contribution in [0.3, 0.4) is 0 Å². The molecule has 0 aliphatic carbocycles. The number of nitrogens with zero attached hydrogens (tertiary/aromatic N) is 4. The zero-order valence-corrected chi connectivity index (χ0v) is 15.0. The largest absolute Gasteiger partial charge is 0.335 e. The number of fused-ring (bicyclic) bond motifs is 2. The maximum atomic E-state index is 4.36. The summed E-state index contributed by atoms with van der Waals surface area (Å²) in [5.74, 6) is 4.18. The van der Waals surface area contributed by atoms with Crippen LogP contribution in [0.15, 0.2) is 18.6 Å². The first-order chi connectivity index (χ1) is 10.1. The molecule has 114 valence electrons. The van der Waals surface area contributed by atoms with E-state index in [4.69, 9.17) is 0 Å². The second-order valence-corrected chi connectivity index (χ2v) is 7.49. The van der Waals surface area contributed by atoms with Crippen molar-refractivity contribution in [2.45, 2.75) is 52.6 Å². The highest BCUT2D eigenvalue weighted by Gasteiger charge is 2.17. The van der Waals surface area contributed by atoms with Crippen LogP contribution in [-0.4, -0.2) is 19.1 Å². The SMILES string of the molecule is CC1CCn2c(I)cnc2C1.CC1CCn2ccnc2C1. The molecule has 0 saturated carbocycles. The topological polar surface area (TPSA) is 35.6 Å². The van der Waals surface area contributed by atoms with E-state index in [-0.39, 0.29) is 0 Å². The fourth-order valence-electron chi connectivity index (χ4n) is 3.06. The summed E-state index contributed by atoms with van der Waals surface area (Å²) in [6.45, 7) is 6.91. The van der Waals surface area contributed by atoms with Gasteiger partial charge in [-0.1, -0.05) is 13.8 Å². The molecule has 5 heteroatoms. The number of halogens is 1. The highest BCUT2D eigenvalue weighted by molar-refractivity contribution is 14.1. The summed E-state index contributed by atoms with van der Waals surface area (Å²) < 4.78 is 5.85. The van der Waals surface area contributed by atoms with E-state index in [2.05, 4.69) is 61.7 Å². The van der Waals surface area contributed by atoms with Crippen LogP contribution in [0.1, 0.15) is 38.3 Å². The number of aromatic nitrogens is 4. The van der Waals surface area contributed by atoms with Gasteiger partial charge in [-0.25, -0.2) is 9.97 Å². The Kier molecular flexibility index (Phi) is 4.66. The van der Waals surface area contributed by atoms with Gasteiger partial charge in [-0.3, -0.25) is 0 Å². The third kappa shape index (κ3) is 3.49. The van der Waals surface area contributed by atoms with Crippen LogP contribution >= 0.6 is 22.6 Å². The zero-order valence-electron chi connectivity index (χ0n) is 12.8. The minimum absolute atomic E-state index is 0.820. The molecule has 0 spiro atoms. The molecule has 0 radical (unpaired) electrons. The van der Waals surface area contributed by atoms with Crippen molar-refractivity contribution in [1.29, 1.82) is 0 Å². The number of hydrogen-bond donors (Lipinski definition) is 0. The van der Waals surface area contributed by atoms with Gasteiger partial charge >= 0.3 is 0 Å². The first-order valence-electron chi connectivity index (χ1n) is 7.83. The van der Waals surface area contributed by atoms with Gasteiger partial charge in [-0.15, -0.1) is 0 Å². The summed E-state index contributed by atoms with van der Waals surface area (Å²) in [6, 6.07) is 0. The Morgan fingerprint density at radius 2 is 1.76 bits per heavy atom. The van der Waals surface area contributed by atoms with E-state index < -0.39 is 0 Å². The van der Waals surface area contributed by atoms with Crippen molar-refractivity contribution in [3.63, 3.8) is 0 Å². The molecule has 4 nitrogen and oxygen atoms in total. The fourth-order valence-corrected chi connectivity index (χ4v) is 3.72. The van der Waals surface area contributed by atoms with E-state index in [0.717, 1.165) is 37.8 Å². The number of rotatable bonds is 0. The molecular formula is C16H23IN4. The molecule has 2 unspecified atom stereocenters. The maximum absolute atomic E-state index is 4.36. The lowest BCUT2D eigenvalue weighted by molar-refractivity contribution is 0.405. The molecule has 4 heterocycles. The van der Waals surface area contributed by atoms with E-state index in [1.165, 1.54) is 28.2 Å². The molecule has 2 aromatic rings. The maximum Gasteiger partial charge on any atom is 0.109 e. The second-order valence-electron chi connectivity index (χ2n) is 6.38. The van der Waals surface area contributed by atoms with Crippen molar-refractivity contribution in [2.24, 2.45) is 11.8 Å². The molecular weight excluding hydrogens is 375 g/mol. The minimum Gasteiger partial charge on any atom is -0.335 e. The molecule has 0 fully saturated rings. The van der Waals surface area contributed by atoms with Crippen molar-refractivity contribution in [3.8, 4) is 0 Å². The lowest BCUT2D eigenvalue weighted by Crippen LogP contribution is -2.18. The molecule has 0 bridgehead atoms. The molecule has 0 aromatic carbocycles. The highest BCUT2D eigenvalue weighted by atomic mass is 127. The molecule has 0 N–H and O–H groups in total. The van der Waals surface area contributed by atoms with Crippen LogP contribution in [0.5, 0.6) is 0 Å². The number of hydrogen-bond acceptors (Lipinski definition) is 2. The Morgan fingerprint density at radius 3 is 2.57 bits per heavy atom. The lowest BCUT2D eigenvalue weighted by atomic mass is 10.0. The van der Waals surface area contributed by atoms with Gasteiger partial charge in [-0.05, 0) is 47.3 Å². The highest BCUT2D eigenvalue weighted by Crippen LogP contribution is 2.21. The Balaban J connectivity index is 0.000000126. The monoisotopic (exact) mass is 398 g/mol. The van der Waals surface area contributed by atoms with Crippen LogP contribution in [0.4, 0.5) is 0 Å². The molecule has 21 heavy (non-hydrogen) atoms. The molecule has 2 aliphatic rings. The van der Waals surface area contributed by atoms with Crippen LogP contribution in [-0.2, 0) is 25.9 Å². The van der Waals surface area contributed by atoms with Crippen LogP contribution in [0.2, 0.25) is 0 Å². The van der Waals surface area contributed by atoms with Gasteiger partial charge in [0.05, 0.1) is 9.90 Å². The van der Waals surface area contributed by atoms with Crippen molar-refractivity contribution in [1.82, 2.24) is 19.1 Å². The smallest absolute Gasteiger partial charge is 0.109 e. The quantitative estimate of drug-likeness (QED) is 0.637. The van der Waals surface area contributed by atoms with E-state index in [1.807, 2.05) is 12.4 Å². The number of imidazole rings is 2. The fraction of sp³-hybridized carbons (Fsp3) is 0.625. The first kappa shape index (κ1) is 15.1. The first-order valence-corrected chi connectivity index (χ1v) is 8.91.